The Bertz CT molecular complexity index is 378. The van der Waals surface area contributed by atoms with E-state index < -0.39 is 0 Å². The van der Waals surface area contributed by atoms with Gasteiger partial charge in [0.2, 0.25) is 0 Å². The molecule has 0 aromatic carbocycles. The maximum absolute atomic E-state index is 12.2. The average Bonchev–Trinajstić information content (AvgIpc) is 2.74. The lowest BCUT2D eigenvalue weighted by Crippen LogP contribution is -2.42. The van der Waals surface area contributed by atoms with Crippen molar-refractivity contribution < 1.29 is 9.21 Å². The summed E-state index contributed by atoms with van der Waals surface area (Å²) in [6.07, 6.45) is 3.74. The van der Waals surface area contributed by atoms with Gasteiger partial charge >= 0.3 is 0 Å². The zero-order valence-corrected chi connectivity index (χ0v) is 10.8. The number of amides is 1. The molecule has 0 spiro atoms. The minimum absolute atomic E-state index is 0. The number of carbonyl (C=O) groups is 1. The molecule has 1 saturated heterocycles. The van der Waals surface area contributed by atoms with Gasteiger partial charge in [0.15, 0.2) is 0 Å². The van der Waals surface area contributed by atoms with Gasteiger partial charge in [-0.05, 0) is 38.3 Å². The van der Waals surface area contributed by atoms with Crippen LogP contribution in [-0.4, -0.2) is 30.4 Å². The third-order valence-electron chi connectivity index (χ3n) is 3.23. The van der Waals surface area contributed by atoms with Crippen LogP contribution in [0.15, 0.2) is 16.7 Å². The third kappa shape index (κ3) is 3.01. The lowest BCUT2D eigenvalue weighted by Gasteiger charge is -2.32. The Balaban J connectivity index is 0.00000144. The molecule has 0 bridgehead atoms. The fourth-order valence-electron chi connectivity index (χ4n) is 2.22. The van der Waals surface area contributed by atoms with E-state index in [9.17, 15) is 4.79 Å². The van der Waals surface area contributed by atoms with Crippen molar-refractivity contribution in [1.29, 1.82) is 0 Å². The van der Waals surface area contributed by atoms with E-state index in [0.717, 1.165) is 25.9 Å². The van der Waals surface area contributed by atoms with Crippen LogP contribution in [0.3, 0.4) is 0 Å². The van der Waals surface area contributed by atoms with Crippen molar-refractivity contribution in [3.8, 4) is 0 Å². The van der Waals surface area contributed by atoms with Gasteiger partial charge in [0.25, 0.3) is 5.91 Å². The zero-order chi connectivity index (χ0) is 11.5. The maximum atomic E-state index is 12.2. The molecule has 1 aliphatic heterocycles. The van der Waals surface area contributed by atoms with Gasteiger partial charge in [-0.2, -0.15) is 0 Å². The number of nitrogens with zero attached hydrogens (tertiary/aromatic N) is 1. The number of rotatable bonds is 2. The Labute approximate surface area is 108 Å². The molecule has 1 aromatic heterocycles. The molecular weight excluding hydrogens is 240 g/mol. The van der Waals surface area contributed by atoms with Crippen molar-refractivity contribution in [2.45, 2.75) is 19.8 Å². The number of carbonyl (C=O) groups excluding carboxylic acids is 1. The molecule has 1 unspecified atom stereocenters. The normalized spacial score (nSPS) is 19.9. The smallest absolute Gasteiger partial charge is 0.257 e. The van der Waals surface area contributed by atoms with E-state index >= 15 is 0 Å². The number of aryl methyl sites for hydroxylation is 1. The third-order valence-corrected chi connectivity index (χ3v) is 3.23. The number of likely N-dealkylation sites (tertiary alicyclic amines) is 1. The van der Waals surface area contributed by atoms with E-state index in [2.05, 4.69) is 0 Å². The summed E-state index contributed by atoms with van der Waals surface area (Å²) in [7, 11) is 0. The first-order valence-electron chi connectivity index (χ1n) is 5.76. The SMILES string of the molecule is Cc1occc1C(=O)N1CCCC(CN)C1.Cl. The molecule has 4 nitrogen and oxygen atoms in total. The molecule has 17 heavy (non-hydrogen) atoms. The highest BCUT2D eigenvalue weighted by atomic mass is 35.5. The standard InChI is InChI=1S/C12H18N2O2.ClH/c1-9-11(4-6-16-9)12(15)14-5-2-3-10(7-13)8-14;/h4,6,10H,2-3,5,7-8,13H2,1H3;1H. The lowest BCUT2D eigenvalue weighted by atomic mass is 9.98. The molecule has 1 atom stereocenters. The van der Waals surface area contributed by atoms with Crippen molar-refractivity contribution in [2.24, 2.45) is 11.7 Å². The Morgan fingerprint density at radius 3 is 3.00 bits per heavy atom. The van der Waals surface area contributed by atoms with Crippen LogP contribution in [0.1, 0.15) is 29.0 Å². The topological polar surface area (TPSA) is 59.5 Å². The predicted octanol–water partition coefficient (Wildman–Crippen LogP) is 1.82. The Morgan fingerprint density at radius 1 is 1.65 bits per heavy atom. The summed E-state index contributed by atoms with van der Waals surface area (Å²) in [6, 6.07) is 1.74. The molecule has 0 saturated carbocycles. The van der Waals surface area contributed by atoms with E-state index in [1.165, 1.54) is 0 Å². The van der Waals surface area contributed by atoms with Crippen molar-refractivity contribution in [1.82, 2.24) is 4.90 Å². The zero-order valence-electron chi connectivity index (χ0n) is 10.0. The number of halogens is 1. The van der Waals surface area contributed by atoms with Crippen molar-refractivity contribution in [2.75, 3.05) is 19.6 Å². The first-order chi connectivity index (χ1) is 7.72. The molecule has 2 heterocycles. The summed E-state index contributed by atoms with van der Waals surface area (Å²) < 4.78 is 5.16. The molecule has 0 radical (unpaired) electrons. The minimum atomic E-state index is 0. The summed E-state index contributed by atoms with van der Waals surface area (Å²) in [4.78, 5) is 14.1. The van der Waals surface area contributed by atoms with Crippen LogP contribution < -0.4 is 5.73 Å². The molecule has 5 heteroatoms. The highest BCUT2D eigenvalue weighted by Gasteiger charge is 2.25. The molecular formula is C12H19ClN2O2. The van der Waals surface area contributed by atoms with Gasteiger partial charge in [-0.15, -0.1) is 12.4 Å². The minimum Gasteiger partial charge on any atom is -0.469 e. The lowest BCUT2D eigenvalue weighted by molar-refractivity contribution is 0.0676. The van der Waals surface area contributed by atoms with Crippen LogP contribution in [0, 0.1) is 12.8 Å². The van der Waals surface area contributed by atoms with Crippen molar-refractivity contribution in [3.05, 3.63) is 23.7 Å². The van der Waals surface area contributed by atoms with E-state index in [1.807, 2.05) is 11.8 Å². The van der Waals surface area contributed by atoms with Crippen LogP contribution in [-0.2, 0) is 0 Å². The van der Waals surface area contributed by atoms with Crippen LogP contribution in [0.4, 0.5) is 0 Å². The quantitative estimate of drug-likeness (QED) is 0.880. The Hall–Kier alpha value is -1.00. The summed E-state index contributed by atoms with van der Waals surface area (Å²) in [5.41, 5.74) is 6.34. The van der Waals surface area contributed by atoms with Gasteiger partial charge in [-0.25, -0.2) is 0 Å². The molecule has 1 aromatic rings. The molecule has 1 fully saturated rings. The van der Waals surface area contributed by atoms with Gasteiger partial charge in [-0.1, -0.05) is 0 Å². The highest BCUT2D eigenvalue weighted by molar-refractivity contribution is 5.95. The fourth-order valence-corrected chi connectivity index (χ4v) is 2.22. The number of piperidine rings is 1. The summed E-state index contributed by atoms with van der Waals surface area (Å²) in [5.74, 6) is 1.22. The average molecular weight is 259 g/mol. The van der Waals surface area contributed by atoms with E-state index in [1.54, 1.807) is 12.3 Å². The predicted molar refractivity (Wildman–Crippen MR) is 68.4 cm³/mol. The van der Waals surface area contributed by atoms with Crippen LogP contribution >= 0.6 is 12.4 Å². The van der Waals surface area contributed by atoms with Crippen molar-refractivity contribution in [3.63, 3.8) is 0 Å². The van der Waals surface area contributed by atoms with Gasteiger partial charge < -0.3 is 15.1 Å². The summed E-state index contributed by atoms with van der Waals surface area (Å²) in [5, 5.41) is 0. The number of hydrogen-bond donors (Lipinski definition) is 1. The largest absolute Gasteiger partial charge is 0.469 e. The van der Waals surface area contributed by atoms with E-state index in [-0.39, 0.29) is 18.3 Å². The Kier molecular flexibility index (Phi) is 5.02. The van der Waals surface area contributed by atoms with Crippen molar-refractivity contribution >= 4 is 18.3 Å². The van der Waals surface area contributed by atoms with E-state index in [4.69, 9.17) is 10.2 Å². The van der Waals surface area contributed by atoms with Gasteiger partial charge in [0.05, 0.1) is 11.8 Å². The van der Waals surface area contributed by atoms with Gasteiger partial charge in [-0.3, -0.25) is 4.79 Å². The number of furan rings is 1. The molecule has 96 valence electrons. The second-order valence-corrected chi connectivity index (χ2v) is 4.39. The fraction of sp³-hybridized carbons (Fsp3) is 0.583. The molecule has 0 aliphatic carbocycles. The number of hydrogen-bond acceptors (Lipinski definition) is 3. The monoisotopic (exact) mass is 258 g/mol. The highest BCUT2D eigenvalue weighted by Crippen LogP contribution is 2.19. The molecule has 1 aliphatic rings. The second-order valence-electron chi connectivity index (χ2n) is 4.39. The van der Waals surface area contributed by atoms with E-state index in [0.29, 0.717) is 23.8 Å². The number of nitrogens with two attached hydrogens (primary N) is 1. The maximum Gasteiger partial charge on any atom is 0.257 e. The second kappa shape index (κ2) is 6.07. The van der Waals surface area contributed by atoms with Gasteiger partial charge in [0, 0.05) is 13.1 Å². The van der Waals surface area contributed by atoms with Crippen LogP contribution in [0.5, 0.6) is 0 Å². The first kappa shape index (κ1) is 14.1. The summed E-state index contributed by atoms with van der Waals surface area (Å²) >= 11 is 0. The van der Waals surface area contributed by atoms with Gasteiger partial charge in [0.1, 0.15) is 5.76 Å². The van der Waals surface area contributed by atoms with Crippen LogP contribution in [0.25, 0.3) is 0 Å². The summed E-state index contributed by atoms with van der Waals surface area (Å²) in [6.45, 7) is 4.09. The molecule has 1 amide bonds. The Morgan fingerprint density at radius 2 is 2.41 bits per heavy atom. The van der Waals surface area contributed by atoms with Crippen LogP contribution in [0.2, 0.25) is 0 Å². The molecule has 2 N–H and O–H groups in total. The molecule has 2 rings (SSSR count). The first-order valence-corrected chi connectivity index (χ1v) is 5.76.